The van der Waals surface area contributed by atoms with Crippen LogP contribution in [0.3, 0.4) is 0 Å². The van der Waals surface area contributed by atoms with Crippen LogP contribution in [-0.4, -0.2) is 46.3 Å². The first-order valence-corrected chi connectivity index (χ1v) is 9.75. The van der Waals surface area contributed by atoms with E-state index in [1.54, 1.807) is 22.9 Å². The summed E-state index contributed by atoms with van der Waals surface area (Å²) in [6.45, 7) is 7.19. The molecule has 148 valence electrons. The third kappa shape index (κ3) is 5.39. The Morgan fingerprint density at radius 2 is 1.89 bits per heavy atom. The third-order valence-electron chi connectivity index (χ3n) is 5.00. The second-order valence-corrected chi connectivity index (χ2v) is 7.86. The summed E-state index contributed by atoms with van der Waals surface area (Å²) in [6.07, 6.45) is 4.44. The number of nitrogens with one attached hydrogen (secondary N) is 1. The molecule has 6 heteroatoms. The Morgan fingerprint density at radius 3 is 2.48 bits per heavy atom. The molecule has 1 aliphatic heterocycles. The van der Waals surface area contributed by atoms with E-state index in [1.807, 2.05) is 19.1 Å². The Bertz CT molecular complexity index is 697. The summed E-state index contributed by atoms with van der Waals surface area (Å²) in [7, 11) is 0. The summed E-state index contributed by atoms with van der Waals surface area (Å²) in [5.74, 6) is 0.294. The van der Waals surface area contributed by atoms with Crippen molar-refractivity contribution in [3.8, 4) is 5.75 Å². The van der Waals surface area contributed by atoms with Crippen LogP contribution in [0.1, 0.15) is 45.6 Å². The molecule has 0 saturated heterocycles. The average molecular weight is 375 g/mol. The molecule has 27 heavy (non-hydrogen) atoms. The molecule has 4 N–H and O–H groups in total. The zero-order valence-electron chi connectivity index (χ0n) is 16.6. The standard InChI is InChI=1S/C21H31N3O3/c1-15(2)9-12-23-20(27)21(10-4-11-22)14-24(21)19(26)16(3)13-17-5-7-18(25)8-6-17/h5-8,14-16H,4,9-13,22H2,1-3H3,(H-,23,25,27)/p+1/t16-,21+/m0/s1. The molecule has 0 fully saturated rings. The van der Waals surface area contributed by atoms with Crippen LogP contribution in [0, 0.1) is 11.8 Å². The highest BCUT2D eigenvalue weighted by Gasteiger charge is 2.65. The van der Waals surface area contributed by atoms with Crippen molar-refractivity contribution in [3.05, 3.63) is 29.8 Å². The smallest absolute Gasteiger partial charge is 0.391 e. The van der Waals surface area contributed by atoms with Crippen LogP contribution >= 0.6 is 0 Å². The fraction of sp³-hybridized carbons (Fsp3) is 0.571. The van der Waals surface area contributed by atoms with Gasteiger partial charge in [-0.2, -0.15) is 0 Å². The highest BCUT2D eigenvalue weighted by molar-refractivity contribution is 6.09. The Balaban J connectivity index is 1.99. The summed E-state index contributed by atoms with van der Waals surface area (Å²) >= 11 is 0. The number of hydrogen-bond donors (Lipinski definition) is 3. The Hall–Kier alpha value is -2.21. The SMILES string of the molecule is CC(C)CCNC(=O)[C@@]1(CCCN)C=[N+]1C(=O)[C@@H](C)Cc1ccc(O)cc1. The third-order valence-corrected chi connectivity index (χ3v) is 5.00. The molecule has 1 aliphatic rings. The molecule has 0 aromatic heterocycles. The first-order valence-electron chi connectivity index (χ1n) is 9.75. The normalized spacial score (nSPS) is 19.5. The molecule has 2 atom stereocenters. The number of carbonyl (C=O) groups excluding carboxylic acids is 2. The summed E-state index contributed by atoms with van der Waals surface area (Å²) in [5.41, 5.74) is 5.76. The lowest BCUT2D eigenvalue weighted by Gasteiger charge is -2.13. The summed E-state index contributed by atoms with van der Waals surface area (Å²) in [6, 6.07) is 6.85. The van der Waals surface area contributed by atoms with E-state index in [4.69, 9.17) is 5.73 Å². The quantitative estimate of drug-likeness (QED) is 0.545. The number of benzene rings is 1. The number of nitrogens with two attached hydrogens (primary N) is 1. The number of amides is 2. The van der Waals surface area contributed by atoms with Crippen LogP contribution in [0.2, 0.25) is 0 Å². The van der Waals surface area contributed by atoms with E-state index in [2.05, 4.69) is 19.2 Å². The molecule has 0 saturated carbocycles. The van der Waals surface area contributed by atoms with Gasteiger partial charge in [0, 0.05) is 13.0 Å². The molecule has 0 unspecified atom stereocenters. The monoisotopic (exact) mass is 374 g/mol. The molecule has 0 bridgehead atoms. The number of aromatic hydroxyl groups is 1. The van der Waals surface area contributed by atoms with E-state index in [-0.39, 0.29) is 23.5 Å². The van der Waals surface area contributed by atoms with Gasteiger partial charge in [-0.05, 0) is 56.3 Å². The minimum atomic E-state index is -0.851. The lowest BCUT2D eigenvalue weighted by Crippen LogP contribution is -2.45. The van der Waals surface area contributed by atoms with Gasteiger partial charge in [0.2, 0.25) is 6.21 Å². The first-order chi connectivity index (χ1) is 12.8. The molecule has 1 aromatic rings. The fourth-order valence-corrected chi connectivity index (χ4v) is 3.22. The van der Waals surface area contributed by atoms with Crippen molar-refractivity contribution in [3.63, 3.8) is 0 Å². The highest BCUT2D eigenvalue weighted by Crippen LogP contribution is 2.29. The van der Waals surface area contributed by atoms with E-state index < -0.39 is 5.54 Å². The van der Waals surface area contributed by atoms with Crippen molar-refractivity contribution in [1.29, 1.82) is 0 Å². The van der Waals surface area contributed by atoms with Crippen LogP contribution in [0.25, 0.3) is 0 Å². The van der Waals surface area contributed by atoms with Crippen LogP contribution < -0.4 is 11.1 Å². The number of nitrogens with zero attached hydrogens (tertiary/aromatic N) is 1. The maximum Gasteiger partial charge on any atom is 0.391 e. The Kier molecular flexibility index (Phi) is 7.13. The van der Waals surface area contributed by atoms with Crippen molar-refractivity contribution in [2.24, 2.45) is 17.6 Å². The van der Waals surface area contributed by atoms with Crippen molar-refractivity contribution in [1.82, 2.24) is 5.32 Å². The van der Waals surface area contributed by atoms with Crippen LogP contribution in [0.4, 0.5) is 0 Å². The summed E-state index contributed by atoms with van der Waals surface area (Å²) in [4.78, 5) is 25.6. The van der Waals surface area contributed by atoms with Gasteiger partial charge in [-0.1, -0.05) is 26.0 Å². The van der Waals surface area contributed by atoms with E-state index >= 15 is 0 Å². The average Bonchev–Trinajstić information content (AvgIpc) is 3.36. The summed E-state index contributed by atoms with van der Waals surface area (Å²) < 4.78 is 1.58. The second-order valence-electron chi connectivity index (χ2n) is 7.86. The highest BCUT2D eigenvalue weighted by atomic mass is 16.3. The van der Waals surface area contributed by atoms with Gasteiger partial charge in [0.05, 0.1) is 5.92 Å². The number of rotatable bonds is 10. The molecule has 0 spiro atoms. The molecule has 2 amide bonds. The van der Waals surface area contributed by atoms with Crippen molar-refractivity contribution < 1.29 is 19.3 Å². The van der Waals surface area contributed by atoms with Gasteiger partial charge in [-0.25, -0.2) is 4.79 Å². The molecule has 1 heterocycles. The minimum Gasteiger partial charge on any atom is -0.508 e. The second kappa shape index (κ2) is 9.13. The summed E-state index contributed by atoms with van der Waals surface area (Å²) in [5, 5.41) is 12.4. The van der Waals surface area contributed by atoms with Gasteiger partial charge in [0.1, 0.15) is 5.75 Å². The van der Waals surface area contributed by atoms with Crippen LogP contribution in [0.5, 0.6) is 5.75 Å². The lowest BCUT2D eigenvalue weighted by atomic mass is 9.97. The van der Waals surface area contributed by atoms with Crippen molar-refractivity contribution >= 4 is 18.0 Å². The molecule has 0 radical (unpaired) electrons. The fourth-order valence-electron chi connectivity index (χ4n) is 3.22. The van der Waals surface area contributed by atoms with Gasteiger partial charge >= 0.3 is 17.4 Å². The van der Waals surface area contributed by atoms with Gasteiger partial charge in [-0.15, -0.1) is 4.58 Å². The Morgan fingerprint density at radius 1 is 1.22 bits per heavy atom. The lowest BCUT2D eigenvalue weighted by molar-refractivity contribution is -0.423. The minimum absolute atomic E-state index is 0.0564. The van der Waals surface area contributed by atoms with Crippen LogP contribution in [-0.2, 0) is 16.0 Å². The van der Waals surface area contributed by atoms with Crippen LogP contribution in [0.15, 0.2) is 24.3 Å². The van der Waals surface area contributed by atoms with Crippen molar-refractivity contribution in [2.75, 3.05) is 13.1 Å². The van der Waals surface area contributed by atoms with Gasteiger partial charge in [-0.3, -0.25) is 4.79 Å². The van der Waals surface area contributed by atoms with E-state index in [0.717, 1.165) is 12.0 Å². The molecule has 0 aliphatic carbocycles. The zero-order chi connectivity index (χ0) is 20.0. The Labute approximate surface area is 161 Å². The molecule has 2 rings (SSSR count). The van der Waals surface area contributed by atoms with Gasteiger partial charge < -0.3 is 16.2 Å². The maximum atomic E-state index is 12.9. The molecular weight excluding hydrogens is 342 g/mol. The van der Waals surface area contributed by atoms with Gasteiger partial charge in [0.25, 0.3) is 0 Å². The topological polar surface area (TPSA) is 95.4 Å². The first kappa shape index (κ1) is 21.1. The van der Waals surface area contributed by atoms with E-state index in [0.29, 0.717) is 38.3 Å². The maximum absolute atomic E-state index is 12.9. The van der Waals surface area contributed by atoms with Crippen molar-refractivity contribution in [2.45, 2.75) is 52.0 Å². The molecule has 1 aromatic carbocycles. The predicted molar refractivity (Wildman–Crippen MR) is 106 cm³/mol. The van der Waals surface area contributed by atoms with E-state index in [1.165, 1.54) is 0 Å². The number of phenols is 1. The van der Waals surface area contributed by atoms with Gasteiger partial charge in [0.15, 0.2) is 0 Å². The molecular formula is C21H32N3O3+. The number of hydrogen-bond acceptors (Lipinski definition) is 4. The molecule has 6 nitrogen and oxygen atoms in total. The largest absolute Gasteiger partial charge is 0.508 e. The van der Waals surface area contributed by atoms with E-state index in [9.17, 15) is 14.7 Å². The predicted octanol–water partition coefficient (Wildman–Crippen LogP) is 1.83. The number of phenolic OH excluding ortho intramolecular Hbond substituents is 1. The number of carbonyl (C=O) groups is 2. The zero-order valence-corrected chi connectivity index (χ0v) is 16.6.